The number of quaternary nitrogens is 1. The minimum atomic E-state index is -4.60. The minimum absolute atomic E-state index is 0.0265. The maximum Gasteiger partial charge on any atom is 0.306 e. The molecule has 10 heteroatoms. The zero-order chi connectivity index (χ0) is 32.9. The molecule has 0 rings (SSSR count). The van der Waals surface area contributed by atoms with Gasteiger partial charge in [-0.2, -0.15) is 0 Å². The molecule has 0 amide bonds. The van der Waals surface area contributed by atoms with Crippen molar-refractivity contribution in [3.63, 3.8) is 0 Å². The highest BCUT2D eigenvalue weighted by molar-refractivity contribution is 7.45. The number of ether oxygens (including phenoxy) is 2. The summed E-state index contributed by atoms with van der Waals surface area (Å²) in [4.78, 5) is 37.1. The summed E-state index contributed by atoms with van der Waals surface area (Å²) < 4.78 is 33.6. The van der Waals surface area contributed by atoms with E-state index in [2.05, 4.69) is 13.8 Å². The number of carbonyl (C=O) groups excluding carboxylic acids is 2. The highest BCUT2D eigenvalue weighted by Crippen LogP contribution is 2.38. The lowest BCUT2D eigenvalue weighted by atomic mass is 10.1. The van der Waals surface area contributed by atoms with Gasteiger partial charge in [-0.05, 0) is 12.8 Å². The van der Waals surface area contributed by atoms with Gasteiger partial charge in [0, 0.05) is 12.8 Å². The van der Waals surface area contributed by atoms with Gasteiger partial charge in [0.1, 0.15) is 19.8 Å². The first-order valence-corrected chi connectivity index (χ1v) is 19.2. The van der Waals surface area contributed by atoms with E-state index >= 15 is 0 Å². The van der Waals surface area contributed by atoms with Crippen molar-refractivity contribution in [1.82, 2.24) is 0 Å². The second-order valence-electron chi connectivity index (χ2n) is 13.2. The molecule has 0 aromatic heterocycles. The lowest BCUT2D eigenvalue weighted by Crippen LogP contribution is -2.37. The molecule has 0 aliphatic heterocycles. The summed E-state index contributed by atoms with van der Waals surface area (Å²) in [6.45, 7) is 4.18. The fourth-order valence-corrected chi connectivity index (χ4v) is 5.50. The van der Waals surface area contributed by atoms with Crippen LogP contribution in [0.4, 0.5) is 0 Å². The number of phosphoric acid groups is 1. The summed E-state index contributed by atoms with van der Waals surface area (Å²) in [6, 6.07) is 0. The van der Waals surface area contributed by atoms with E-state index < -0.39 is 26.5 Å². The molecule has 262 valence electrons. The summed E-state index contributed by atoms with van der Waals surface area (Å²) in [5.74, 6) is -0.833. The third kappa shape index (κ3) is 31.0. The molecule has 0 radical (unpaired) electrons. The number of rotatable bonds is 32. The Kier molecular flexibility index (Phi) is 27.6. The van der Waals surface area contributed by atoms with Crippen LogP contribution in [0.2, 0.25) is 0 Å². The molecule has 44 heavy (non-hydrogen) atoms. The van der Waals surface area contributed by atoms with Crippen molar-refractivity contribution in [2.45, 2.75) is 161 Å². The van der Waals surface area contributed by atoms with Crippen LogP contribution in [0.3, 0.4) is 0 Å². The quantitative estimate of drug-likeness (QED) is 0.0310. The van der Waals surface area contributed by atoms with E-state index in [9.17, 15) is 19.0 Å². The third-order valence-corrected chi connectivity index (χ3v) is 8.59. The molecule has 0 saturated heterocycles. The Morgan fingerprint density at radius 3 is 1.45 bits per heavy atom. The van der Waals surface area contributed by atoms with Crippen LogP contribution in [0.5, 0.6) is 0 Å². The van der Waals surface area contributed by atoms with Crippen LogP contribution in [0.15, 0.2) is 0 Å². The van der Waals surface area contributed by atoms with Gasteiger partial charge < -0.3 is 27.9 Å². The molecule has 1 unspecified atom stereocenters. The number of hydrogen-bond acceptors (Lipinski definition) is 8. The van der Waals surface area contributed by atoms with E-state index in [4.69, 9.17) is 18.5 Å². The number of carbonyl (C=O) groups is 2. The van der Waals surface area contributed by atoms with Crippen LogP contribution in [0.1, 0.15) is 155 Å². The van der Waals surface area contributed by atoms with Crippen molar-refractivity contribution < 1.29 is 42.1 Å². The van der Waals surface area contributed by atoms with Gasteiger partial charge in [0.05, 0.1) is 27.7 Å². The molecule has 2 atom stereocenters. The zero-order valence-corrected chi connectivity index (χ0v) is 30.0. The summed E-state index contributed by atoms with van der Waals surface area (Å²) in [5.41, 5.74) is 0. The van der Waals surface area contributed by atoms with E-state index in [0.717, 1.165) is 32.1 Å². The summed E-state index contributed by atoms with van der Waals surface area (Å²) >= 11 is 0. The van der Waals surface area contributed by atoms with E-state index in [-0.39, 0.29) is 32.0 Å². The van der Waals surface area contributed by atoms with Crippen molar-refractivity contribution in [2.75, 3.05) is 47.5 Å². The third-order valence-electron chi connectivity index (χ3n) is 7.63. The molecule has 9 nitrogen and oxygen atoms in total. The van der Waals surface area contributed by atoms with E-state index in [0.29, 0.717) is 17.4 Å². The molecular formula is C34H68NO8P. The fourth-order valence-electron chi connectivity index (χ4n) is 4.77. The van der Waals surface area contributed by atoms with Crippen molar-refractivity contribution in [1.29, 1.82) is 0 Å². The van der Waals surface area contributed by atoms with Gasteiger partial charge in [-0.25, -0.2) is 0 Å². The average Bonchev–Trinajstić information content (AvgIpc) is 2.95. The topological polar surface area (TPSA) is 111 Å². The van der Waals surface area contributed by atoms with Crippen LogP contribution in [0, 0.1) is 0 Å². The monoisotopic (exact) mass is 649 g/mol. The van der Waals surface area contributed by atoms with Gasteiger partial charge in [-0.15, -0.1) is 0 Å². The molecule has 0 saturated carbocycles. The Bertz CT molecular complexity index is 743. The second-order valence-corrected chi connectivity index (χ2v) is 14.7. The first-order valence-electron chi connectivity index (χ1n) is 17.7. The van der Waals surface area contributed by atoms with Crippen LogP contribution in [-0.4, -0.2) is 70.0 Å². The van der Waals surface area contributed by atoms with Crippen LogP contribution in [-0.2, 0) is 32.7 Å². The fraction of sp³-hybridized carbons (Fsp3) is 0.941. The summed E-state index contributed by atoms with van der Waals surface area (Å²) in [5, 5.41) is 0. The van der Waals surface area contributed by atoms with Gasteiger partial charge in [-0.1, -0.05) is 129 Å². The normalized spacial score (nSPS) is 13.9. The summed E-state index contributed by atoms with van der Waals surface area (Å²) in [7, 11) is 1.17. The molecule has 0 aliphatic rings. The number of likely N-dealkylation sites (N-methyl/N-ethyl adjacent to an activating group) is 1. The number of hydrogen-bond donors (Lipinski definition) is 0. The first-order chi connectivity index (χ1) is 21.0. The highest BCUT2D eigenvalue weighted by atomic mass is 31.2. The molecule has 0 aromatic carbocycles. The minimum Gasteiger partial charge on any atom is -0.756 e. The Hall–Kier alpha value is -0.990. The van der Waals surface area contributed by atoms with Crippen LogP contribution in [0.25, 0.3) is 0 Å². The average molecular weight is 650 g/mol. The van der Waals surface area contributed by atoms with Crippen molar-refractivity contribution in [3.05, 3.63) is 0 Å². The predicted molar refractivity (Wildman–Crippen MR) is 176 cm³/mol. The molecule has 0 spiro atoms. The van der Waals surface area contributed by atoms with E-state index in [1.807, 2.05) is 21.1 Å². The number of phosphoric ester groups is 1. The number of nitrogens with zero attached hydrogens (tertiary/aromatic N) is 1. The zero-order valence-electron chi connectivity index (χ0n) is 29.1. The maximum atomic E-state index is 12.5. The van der Waals surface area contributed by atoms with Crippen molar-refractivity contribution in [3.8, 4) is 0 Å². The number of esters is 2. The van der Waals surface area contributed by atoms with E-state index in [1.165, 1.54) is 89.9 Å². The van der Waals surface area contributed by atoms with E-state index in [1.54, 1.807) is 0 Å². The lowest BCUT2D eigenvalue weighted by molar-refractivity contribution is -0.870. The predicted octanol–water partition coefficient (Wildman–Crippen LogP) is 8.27. The van der Waals surface area contributed by atoms with Gasteiger partial charge in [-0.3, -0.25) is 14.2 Å². The standard InChI is InChI=1S/C34H68NO8P/c1-6-8-10-12-14-16-18-20-22-24-26-33(36)40-30-32(31-42-44(38,39)41-29-28-35(3,4)5)43-34(37)27-25-23-21-19-17-15-13-11-9-7-2/h32H,6-31H2,1-5H3/t32-/m1/s1. The Balaban J connectivity index is 4.47. The maximum absolute atomic E-state index is 12.5. The van der Waals surface area contributed by atoms with Crippen LogP contribution < -0.4 is 4.89 Å². The van der Waals surface area contributed by atoms with Gasteiger partial charge in [0.15, 0.2) is 6.10 Å². The molecule has 0 aromatic rings. The molecular weight excluding hydrogens is 581 g/mol. The first kappa shape index (κ1) is 43.0. The van der Waals surface area contributed by atoms with Crippen LogP contribution >= 0.6 is 7.82 Å². The second kappa shape index (κ2) is 28.3. The van der Waals surface area contributed by atoms with Crippen molar-refractivity contribution in [2.24, 2.45) is 0 Å². The molecule has 0 heterocycles. The van der Waals surface area contributed by atoms with Crippen molar-refractivity contribution >= 4 is 19.8 Å². The molecule has 0 aliphatic carbocycles. The smallest absolute Gasteiger partial charge is 0.306 e. The Morgan fingerprint density at radius 2 is 1.02 bits per heavy atom. The lowest BCUT2D eigenvalue weighted by Gasteiger charge is -2.28. The molecule has 0 bridgehead atoms. The molecule has 0 fully saturated rings. The van der Waals surface area contributed by atoms with Gasteiger partial charge in [0.2, 0.25) is 0 Å². The number of unbranched alkanes of at least 4 members (excludes halogenated alkanes) is 18. The van der Waals surface area contributed by atoms with Gasteiger partial charge >= 0.3 is 11.9 Å². The summed E-state index contributed by atoms with van der Waals surface area (Å²) in [6.07, 6.45) is 22.7. The van der Waals surface area contributed by atoms with Gasteiger partial charge in [0.25, 0.3) is 7.82 Å². The Labute approximate surface area is 270 Å². The SMILES string of the molecule is CCCCCCCCCCCCC(=O)OC[C@H](COP(=O)([O-])OCC[N+](C)(C)C)OC(=O)CCCCCCCCCCCC. The molecule has 0 N–H and O–H groups in total. The Morgan fingerprint density at radius 1 is 0.614 bits per heavy atom. The largest absolute Gasteiger partial charge is 0.756 e. The highest BCUT2D eigenvalue weighted by Gasteiger charge is 2.21.